The van der Waals surface area contributed by atoms with Crippen LogP contribution in [0.5, 0.6) is 0 Å². The molecule has 5 nitrogen and oxygen atoms in total. The number of rotatable bonds is 1. The summed E-state index contributed by atoms with van der Waals surface area (Å²) in [5.41, 5.74) is -0.111. The lowest BCUT2D eigenvalue weighted by molar-refractivity contribution is 0.257. The van der Waals surface area contributed by atoms with E-state index in [2.05, 4.69) is 9.98 Å². The first kappa shape index (κ1) is 6.12. The maximum absolute atomic E-state index is 10.2. The summed E-state index contributed by atoms with van der Waals surface area (Å²) >= 11 is 0. The molecule has 1 rings (SSSR count). The highest BCUT2D eigenvalue weighted by Gasteiger charge is 2.19. The molecule has 0 aromatic heterocycles. The third-order valence-electron chi connectivity index (χ3n) is 0.797. The molecule has 0 fully saturated rings. The molecule has 0 atom stereocenters. The minimum atomic E-state index is -1.69. The van der Waals surface area contributed by atoms with Crippen molar-refractivity contribution in [2.45, 2.75) is 0 Å². The van der Waals surface area contributed by atoms with E-state index in [1.54, 1.807) is 0 Å². The molecular formula is C3H3BN2O3. The molecule has 0 saturated heterocycles. The van der Waals surface area contributed by atoms with E-state index in [1.165, 1.54) is 0 Å². The Kier molecular flexibility index (Phi) is 1.41. The van der Waals surface area contributed by atoms with Gasteiger partial charge in [-0.1, -0.05) is 0 Å². The maximum atomic E-state index is 10.2. The smallest absolute Gasteiger partial charge is 0.422 e. The van der Waals surface area contributed by atoms with E-state index in [0.717, 1.165) is 6.21 Å². The molecule has 0 aromatic rings. The van der Waals surface area contributed by atoms with Gasteiger partial charge in [-0.25, -0.2) is 4.79 Å². The van der Waals surface area contributed by atoms with E-state index < -0.39 is 13.1 Å². The number of nitrogens with zero attached hydrogens (tertiary/aromatic N) is 2. The summed E-state index contributed by atoms with van der Waals surface area (Å²) in [7, 11) is -1.69. The summed E-state index contributed by atoms with van der Waals surface area (Å²) in [6.07, 6.45) is 1.02. The van der Waals surface area contributed by atoms with Gasteiger partial charge in [0.1, 0.15) is 0 Å². The van der Waals surface area contributed by atoms with Crippen molar-refractivity contribution in [1.29, 1.82) is 0 Å². The van der Waals surface area contributed by atoms with Crippen LogP contribution in [0.25, 0.3) is 0 Å². The number of amides is 2. The van der Waals surface area contributed by atoms with Crippen LogP contribution in [0.2, 0.25) is 0 Å². The molecule has 6 heteroatoms. The molecule has 46 valence electrons. The molecule has 1 aliphatic heterocycles. The lowest BCUT2D eigenvalue weighted by Crippen LogP contribution is -2.25. The fourth-order valence-electron chi connectivity index (χ4n) is 0.414. The molecule has 2 N–H and O–H groups in total. The first-order chi connectivity index (χ1) is 4.20. The van der Waals surface area contributed by atoms with Gasteiger partial charge in [0.25, 0.3) is 0 Å². The first-order valence-corrected chi connectivity index (χ1v) is 2.23. The summed E-state index contributed by atoms with van der Waals surface area (Å²) in [6, 6.07) is -0.696. The lowest BCUT2D eigenvalue weighted by Gasteiger charge is -1.87. The predicted octanol–water partition coefficient (Wildman–Crippen LogP) is -1.36. The van der Waals surface area contributed by atoms with Gasteiger partial charge < -0.3 is 10.0 Å². The van der Waals surface area contributed by atoms with Gasteiger partial charge in [-0.15, -0.1) is 0 Å². The minimum Gasteiger partial charge on any atom is -0.422 e. The Morgan fingerprint density at radius 1 is 1.56 bits per heavy atom. The second kappa shape index (κ2) is 2.08. The molecule has 1 heterocycles. The molecule has 0 bridgehead atoms. The van der Waals surface area contributed by atoms with E-state index in [9.17, 15) is 4.79 Å². The van der Waals surface area contributed by atoms with Crippen molar-refractivity contribution < 1.29 is 14.8 Å². The second-order valence-electron chi connectivity index (χ2n) is 1.45. The zero-order chi connectivity index (χ0) is 6.85. The van der Waals surface area contributed by atoms with Gasteiger partial charge >= 0.3 is 13.1 Å². The Balaban J connectivity index is 2.75. The third-order valence-corrected chi connectivity index (χ3v) is 0.797. The largest absolute Gasteiger partial charge is 0.509 e. The highest BCUT2D eigenvalue weighted by atomic mass is 16.4. The van der Waals surface area contributed by atoms with Gasteiger partial charge in [0.15, 0.2) is 0 Å². The lowest BCUT2D eigenvalue weighted by atomic mass is 9.84. The first-order valence-electron chi connectivity index (χ1n) is 2.23. The third kappa shape index (κ3) is 1.21. The van der Waals surface area contributed by atoms with Gasteiger partial charge in [-0.05, 0) is 0 Å². The van der Waals surface area contributed by atoms with E-state index in [4.69, 9.17) is 10.0 Å². The van der Waals surface area contributed by atoms with E-state index in [0.29, 0.717) is 0 Å². The summed E-state index contributed by atoms with van der Waals surface area (Å²) in [5.74, 6) is 0. The van der Waals surface area contributed by atoms with Crippen LogP contribution in [0.3, 0.4) is 0 Å². The van der Waals surface area contributed by atoms with Gasteiger partial charge in [0.05, 0.1) is 11.8 Å². The number of hydrogen-bond donors (Lipinski definition) is 2. The van der Waals surface area contributed by atoms with Gasteiger partial charge in [0, 0.05) is 0 Å². The van der Waals surface area contributed by atoms with Crippen LogP contribution >= 0.6 is 0 Å². The monoisotopic (exact) mass is 126 g/mol. The Bertz CT molecular complexity index is 197. The molecule has 0 unspecified atom stereocenters. The molecule has 1 aliphatic rings. The SMILES string of the molecule is O=C1N=CC(B(O)O)=N1. The quantitative estimate of drug-likeness (QED) is 0.425. The molecule has 0 aromatic carbocycles. The standard InChI is InChI=1S/C3H3BN2O3/c7-3-5-1-2(6-3)4(8)9/h1,8-9H. The Morgan fingerprint density at radius 2 is 2.22 bits per heavy atom. The molecular weight excluding hydrogens is 123 g/mol. The fraction of sp³-hybridized carbons (Fsp3) is 0. The van der Waals surface area contributed by atoms with Crippen molar-refractivity contribution in [2.75, 3.05) is 0 Å². The number of carbonyl (C=O) groups excluding carboxylic acids is 1. The number of urea groups is 1. The highest BCUT2D eigenvalue weighted by molar-refractivity contribution is 6.92. The van der Waals surface area contributed by atoms with E-state index in [-0.39, 0.29) is 5.61 Å². The van der Waals surface area contributed by atoms with Crippen LogP contribution in [0.1, 0.15) is 0 Å². The van der Waals surface area contributed by atoms with Crippen LogP contribution in [0, 0.1) is 0 Å². The zero-order valence-electron chi connectivity index (χ0n) is 4.35. The fourth-order valence-corrected chi connectivity index (χ4v) is 0.414. The van der Waals surface area contributed by atoms with Gasteiger partial charge in [-0.2, -0.15) is 9.98 Å². The molecule has 0 radical (unpaired) electrons. The molecule has 9 heavy (non-hydrogen) atoms. The normalized spacial score (nSPS) is 16.2. The van der Waals surface area contributed by atoms with Gasteiger partial charge in [0.2, 0.25) is 0 Å². The minimum absolute atomic E-state index is 0.111. The van der Waals surface area contributed by atoms with Crippen LogP contribution in [0.15, 0.2) is 9.98 Å². The van der Waals surface area contributed by atoms with Crippen LogP contribution in [-0.2, 0) is 0 Å². The molecule has 0 spiro atoms. The van der Waals surface area contributed by atoms with E-state index >= 15 is 0 Å². The van der Waals surface area contributed by atoms with Crippen molar-refractivity contribution in [1.82, 2.24) is 0 Å². The molecule has 0 aliphatic carbocycles. The predicted molar refractivity (Wildman–Crippen MR) is 31.5 cm³/mol. The number of aliphatic imine (C=N–C) groups is 2. The number of carbonyl (C=O) groups is 1. The Labute approximate surface area is 50.9 Å². The summed E-state index contributed by atoms with van der Waals surface area (Å²) in [4.78, 5) is 16.4. The van der Waals surface area contributed by atoms with Crippen molar-refractivity contribution in [2.24, 2.45) is 9.98 Å². The maximum Gasteiger partial charge on any atom is 0.509 e. The van der Waals surface area contributed by atoms with Crippen LogP contribution < -0.4 is 0 Å². The average molecular weight is 126 g/mol. The summed E-state index contributed by atoms with van der Waals surface area (Å²) < 4.78 is 0. The van der Waals surface area contributed by atoms with Crippen molar-refractivity contribution in [3.8, 4) is 0 Å². The van der Waals surface area contributed by atoms with Crippen molar-refractivity contribution in [3.63, 3.8) is 0 Å². The second-order valence-corrected chi connectivity index (χ2v) is 1.45. The summed E-state index contributed by atoms with van der Waals surface area (Å²) in [5, 5.41) is 16.7. The van der Waals surface area contributed by atoms with Crippen LogP contribution in [0.4, 0.5) is 4.79 Å². The zero-order valence-corrected chi connectivity index (χ0v) is 4.35. The molecule has 0 saturated carbocycles. The van der Waals surface area contributed by atoms with Crippen molar-refractivity contribution >= 4 is 25.0 Å². The topological polar surface area (TPSA) is 82.2 Å². The summed E-state index contributed by atoms with van der Waals surface area (Å²) in [6.45, 7) is 0. The Morgan fingerprint density at radius 3 is 2.44 bits per heavy atom. The van der Waals surface area contributed by atoms with Crippen molar-refractivity contribution in [3.05, 3.63) is 0 Å². The molecule has 2 amide bonds. The van der Waals surface area contributed by atoms with Crippen LogP contribution in [-0.4, -0.2) is 35.0 Å². The highest BCUT2D eigenvalue weighted by Crippen LogP contribution is 1.92. The number of hydrogen-bond acceptors (Lipinski definition) is 3. The average Bonchev–Trinajstić information content (AvgIpc) is 2.14. The van der Waals surface area contributed by atoms with E-state index in [1.807, 2.05) is 0 Å². The Hall–Kier alpha value is -1.01. The van der Waals surface area contributed by atoms with Gasteiger partial charge in [-0.3, -0.25) is 0 Å².